The number of nitrogens with zero attached hydrogens (tertiary/aromatic N) is 4. The second-order valence-corrected chi connectivity index (χ2v) is 10.3. The Bertz CT molecular complexity index is 1270. The predicted octanol–water partition coefficient (Wildman–Crippen LogP) is 3.54. The van der Waals surface area contributed by atoms with Crippen LogP contribution in [-0.2, 0) is 21.4 Å². The van der Waals surface area contributed by atoms with Crippen LogP contribution in [0.25, 0.3) is 11.6 Å². The number of thioether (sulfide) groups is 1. The van der Waals surface area contributed by atoms with Gasteiger partial charge in [0.15, 0.2) is 16.7 Å². The maximum Gasteiger partial charge on any atom is 0.262 e. The zero-order chi connectivity index (χ0) is 24.0. The Balaban J connectivity index is 1.39. The van der Waals surface area contributed by atoms with Crippen LogP contribution >= 0.6 is 11.8 Å². The second kappa shape index (κ2) is 10.9. The molecular formula is C22H26N6O4S2. The maximum absolute atomic E-state index is 12.8. The number of amidine groups is 1. The van der Waals surface area contributed by atoms with Crippen molar-refractivity contribution in [2.24, 2.45) is 4.99 Å². The van der Waals surface area contributed by atoms with Crippen molar-refractivity contribution in [1.82, 2.24) is 19.5 Å². The molecule has 1 aromatic carbocycles. The molecule has 34 heavy (non-hydrogen) atoms. The van der Waals surface area contributed by atoms with Gasteiger partial charge in [-0.15, -0.1) is 10.2 Å². The number of nitrogens with one attached hydrogen (secondary N) is 2. The summed E-state index contributed by atoms with van der Waals surface area (Å²) in [5.41, 5.74) is 0.393. The van der Waals surface area contributed by atoms with E-state index in [9.17, 15) is 13.2 Å². The molecule has 0 spiro atoms. The number of aromatic nitrogens is 3. The van der Waals surface area contributed by atoms with Gasteiger partial charge < -0.3 is 9.73 Å². The first-order valence-corrected chi connectivity index (χ1v) is 13.5. The van der Waals surface area contributed by atoms with Crippen LogP contribution in [0.1, 0.15) is 32.6 Å². The molecule has 0 unspecified atom stereocenters. The molecular weight excluding hydrogens is 476 g/mol. The molecule has 0 saturated carbocycles. The number of benzene rings is 1. The summed E-state index contributed by atoms with van der Waals surface area (Å²) in [6, 6.07) is 9.74. The standard InChI is InChI=1S/C22H26N6O4S2/c1-2-28-21(18-10-7-13-32-18)25-26-22(28)33-15-20(29)24-16-8-6-9-17(14-16)34(30,31)27-19-11-4-3-5-12-23-19/h6-10,13-14H,2-5,11-12,15H2,1H3,(H,23,27)(H,24,29). The molecule has 0 atom stereocenters. The number of anilines is 1. The molecule has 10 nitrogen and oxygen atoms in total. The van der Waals surface area contributed by atoms with Crippen molar-refractivity contribution < 1.29 is 17.6 Å². The molecule has 1 amide bonds. The van der Waals surface area contributed by atoms with Crippen LogP contribution in [0.4, 0.5) is 5.69 Å². The van der Waals surface area contributed by atoms with E-state index in [1.807, 2.05) is 11.5 Å². The number of amides is 1. The number of carbonyl (C=O) groups excluding carboxylic acids is 1. The van der Waals surface area contributed by atoms with Gasteiger partial charge in [0.1, 0.15) is 5.84 Å². The summed E-state index contributed by atoms with van der Waals surface area (Å²) >= 11 is 1.24. The van der Waals surface area contributed by atoms with Crippen molar-refractivity contribution in [3.8, 4) is 11.6 Å². The zero-order valence-corrected chi connectivity index (χ0v) is 20.4. The molecule has 0 radical (unpaired) electrons. The summed E-state index contributed by atoms with van der Waals surface area (Å²) in [6.07, 6.45) is 5.08. The molecule has 2 aromatic heterocycles. The lowest BCUT2D eigenvalue weighted by Gasteiger charge is -2.11. The number of furan rings is 1. The van der Waals surface area contributed by atoms with E-state index in [4.69, 9.17) is 4.42 Å². The van der Waals surface area contributed by atoms with Crippen molar-refractivity contribution in [1.29, 1.82) is 0 Å². The van der Waals surface area contributed by atoms with E-state index in [0.717, 1.165) is 19.3 Å². The normalized spacial score (nSPS) is 14.3. The van der Waals surface area contributed by atoms with Crippen molar-refractivity contribution in [2.45, 2.75) is 49.2 Å². The van der Waals surface area contributed by atoms with Crippen molar-refractivity contribution in [2.75, 3.05) is 17.6 Å². The number of sulfonamides is 1. The second-order valence-electron chi connectivity index (χ2n) is 7.64. The summed E-state index contributed by atoms with van der Waals surface area (Å²) in [5, 5.41) is 11.7. The van der Waals surface area contributed by atoms with Crippen LogP contribution in [0, 0.1) is 0 Å². The third-order valence-corrected chi connectivity index (χ3v) is 7.51. The van der Waals surface area contributed by atoms with Gasteiger partial charge >= 0.3 is 0 Å². The summed E-state index contributed by atoms with van der Waals surface area (Å²) in [5.74, 6) is 1.48. The molecule has 3 heterocycles. The molecule has 0 saturated heterocycles. The zero-order valence-electron chi connectivity index (χ0n) is 18.7. The van der Waals surface area contributed by atoms with E-state index in [1.54, 1.807) is 30.5 Å². The van der Waals surface area contributed by atoms with Crippen LogP contribution in [0.5, 0.6) is 0 Å². The van der Waals surface area contributed by atoms with Gasteiger partial charge in [0.05, 0.1) is 16.9 Å². The third-order valence-electron chi connectivity index (χ3n) is 5.16. The molecule has 4 rings (SSSR count). The number of aliphatic imine (C=N–C) groups is 1. The average Bonchev–Trinajstić information content (AvgIpc) is 3.42. The van der Waals surface area contributed by atoms with E-state index >= 15 is 0 Å². The quantitative estimate of drug-likeness (QED) is 0.450. The van der Waals surface area contributed by atoms with Gasteiger partial charge in [-0.3, -0.25) is 19.1 Å². The van der Waals surface area contributed by atoms with E-state index in [2.05, 4.69) is 25.2 Å². The topological polar surface area (TPSA) is 131 Å². The maximum atomic E-state index is 12.8. The number of hydrogen-bond donors (Lipinski definition) is 2. The Kier molecular flexibility index (Phi) is 7.68. The van der Waals surface area contributed by atoms with E-state index in [-0.39, 0.29) is 16.6 Å². The lowest BCUT2D eigenvalue weighted by molar-refractivity contribution is -0.113. The Hall–Kier alpha value is -3.12. The molecule has 1 aliphatic rings. The highest BCUT2D eigenvalue weighted by molar-refractivity contribution is 7.99. The molecule has 180 valence electrons. The fourth-order valence-electron chi connectivity index (χ4n) is 3.51. The van der Waals surface area contributed by atoms with Crippen molar-refractivity contribution in [3.05, 3.63) is 42.7 Å². The Morgan fingerprint density at radius 3 is 2.85 bits per heavy atom. The van der Waals surface area contributed by atoms with Gasteiger partial charge in [0.25, 0.3) is 10.0 Å². The number of rotatable bonds is 8. The average molecular weight is 503 g/mol. The lowest BCUT2D eigenvalue weighted by atomic mass is 10.2. The van der Waals surface area contributed by atoms with Crippen LogP contribution in [0.3, 0.4) is 0 Å². The van der Waals surface area contributed by atoms with Crippen LogP contribution in [-0.4, -0.2) is 47.2 Å². The Morgan fingerprint density at radius 1 is 1.18 bits per heavy atom. The first kappa shape index (κ1) is 24.0. The monoisotopic (exact) mass is 502 g/mol. The van der Waals surface area contributed by atoms with Gasteiger partial charge in [0, 0.05) is 25.2 Å². The first-order valence-electron chi connectivity index (χ1n) is 11.0. The highest BCUT2D eigenvalue weighted by Gasteiger charge is 2.19. The fourth-order valence-corrected chi connectivity index (χ4v) is 5.45. The predicted molar refractivity (Wildman–Crippen MR) is 130 cm³/mol. The fraction of sp³-hybridized carbons (Fsp3) is 0.364. The highest BCUT2D eigenvalue weighted by atomic mass is 32.2. The third kappa shape index (κ3) is 5.86. The lowest BCUT2D eigenvalue weighted by Crippen LogP contribution is -2.30. The minimum Gasteiger partial charge on any atom is -0.461 e. The van der Waals surface area contributed by atoms with Crippen LogP contribution in [0.2, 0.25) is 0 Å². The van der Waals surface area contributed by atoms with Gasteiger partial charge in [0.2, 0.25) is 5.91 Å². The summed E-state index contributed by atoms with van der Waals surface area (Å²) in [6.45, 7) is 3.20. The minimum absolute atomic E-state index is 0.0683. The van der Waals surface area contributed by atoms with Crippen molar-refractivity contribution >= 4 is 39.2 Å². The Labute approximate surface area is 202 Å². The molecule has 12 heteroatoms. The number of carbonyl (C=O) groups is 1. The number of hydrogen-bond acceptors (Lipinski definition) is 8. The minimum atomic E-state index is -3.79. The first-order chi connectivity index (χ1) is 16.5. The van der Waals surface area contributed by atoms with Gasteiger partial charge in [-0.1, -0.05) is 24.2 Å². The van der Waals surface area contributed by atoms with Crippen LogP contribution < -0.4 is 10.0 Å². The smallest absolute Gasteiger partial charge is 0.262 e. The Morgan fingerprint density at radius 2 is 2.06 bits per heavy atom. The van der Waals surface area contributed by atoms with E-state index in [0.29, 0.717) is 47.8 Å². The van der Waals surface area contributed by atoms with Crippen LogP contribution in [0.15, 0.2) is 62.1 Å². The molecule has 0 fully saturated rings. The molecule has 2 N–H and O–H groups in total. The SMILES string of the molecule is CCn1c(SCC(=O)Nc2cccc(S(=O)(=O)NC3=NCCCCC3)c2)nnc1-c1ccco1. The summed E-state index contributed by atoms with van der Waals surface area (Å²) in [4.78, 5) is 16.9. The van der Waals surface area contributed by atoms with Crippen molar-refractivity contribution in [3.63, 3.8) is 0 Å². The van der Waals surface area contributed by atoms with E-state index in [1.165, 1.54) is 23.9 Å². The molecule has 1 aliphatic heterocycles. The van der Waals surface area contributed by atoms with E-state index < -0.39 is 10.0 Å². The van der Waals surface area contributed by atoms with Gasteiger partial charge in [-0.05, 0) is 50.1 Å². The molecule has 3 aromatic rings. The summed E-state index contributed by atoms with van der Waals surface area (Å²) < 4.78 is 35.4. The summed E-state index contributed by atoms with van der Waals surface area (Å²) in [7, 11) is -3.79. The highest BCUT2D eigenvalue weighted by Crippen LogP contribution is 2.24. The largest absolute Gasteiger partial charge is 0.461 e. The van der Waals surface area contributed by atoms with Gasteiger partial charge in [-0.25, -0.2) is 8.42 Å². The molecule has 0 aliphatic carbocycles. The molecule has 0 bridgehead atoms. The van der Waals surface area contributed by atoms with Gasteiger partial charge in [-0.2, -0.15) is 0 Å².